The molecule has 0 aliphatic carbocycles. The first-order chi connectivity index (χ1) is 19.2. The fourth-order valence-corrected chi connectivity index (χ4v) is 6.79. The number of sulfonamides is 1. The molecule has 40 heavy (non-hydrogen) atoms. The van der Waals surface area contributed by atoms with Gasteiger partial charge in [0.2, 0.25) is 0 Å². The van der Waals surface area contributed by atoms with Crippen molar-refractivity contribution in [2.75, 3.05) is 30.9 Å². The third-order valence-corrected chi connectivity index (χ3v) is 9.15. The van der Waals surface area contributed by atoms with Crippen LogP contribution < -0.4 is 4.72 Å². The topological polar surface area (TPSA) is 69.7 Å². The quantitative estimate of drug-likeness (QED) is 0.281. The van der Waals surface area contributed by atoms with E-state index in [0.717, 1.165) is 11.1 Å². The molecule has 6 nitrogen and oxygen atoms in total. The van der Waals surface area contributed by atoms with Gasteiger partial charge in [-0.15, -0.1) is 0 Å². The molecule has 206 valence electrons. The van der Waals surface area contributed by atoms with Crippen molar-refractivity contribution >= 4 is 33.2 Å². The predicted molar refractivity (Wildman–Crippen MR) is 160 cm³/mol. The molecular formula is C32H32ClN3O3S. The minimum atomic E-state index is -4.01. The monoisotopic (exact) mass is 573 g/mol. The molecule has 0 atom stereocenters. The molecule has 1 heterocycles. The smallest absolute Gasteiger partial charge is 0.263 e. The highest BCUT2D eigenvalue weighted by atomic mass is 35.5. The van der Waals surface area contributed by atoms with Crippen molar-refractivity contribution in [3.05, 3.63) is 130 Å². The number of piperazine rings is 1. The Morgan fingerprint density at radius 3 is 2.00 bits per heavy atom. The van der Waals surface area contributed by atoms with E-state index in [1.54, 1.807) is 17.0 Å². The zero-order valence-corrected chi connectivity index (χ0v) is 24.1. The first kappa shape index (κ1) is 27.9. The minimum absolute atomic E-state index is 0.0627. The molecule has 1 saturated heterocycles. The van der Waals surface area contributed by atoms with Crippen molar-refractivity contribution in [1.29, 1.82) is 0 Å². The lowest BCUT2D eigenvalue weighted by atomic mass is 9.96. The zero-order valence-electron chi connectivity index (χ0n) is 22.5. The van der Waals surface area contributed by atoms with Crippen LogP contribution in [-0.4, -0.2) is 50.3 Å². The summed E-state index contributed by atoms with van der Waals surface area (Å²) in [6, 6.07) is 30.8. The Balaban J connectivity index is 1.33. The molecule has 0 spiro atoms. The number of amides is 1. The van der Waals surface area contributed by atoms with E-state index in [1.165, 1.54) is 23.3 Å². The van der Waals surface area contributed by atoms with E-state index in [0.29, 0.717) is 37.4 Å². The molecule has 1 aliphatic rings. The van der Waals surface area contributed by atoms with Gasteiger partial charge in [-0.3, -0.25) is 14.4 Å². The second kappa shape index (κ2) is 11.8. The lowest BCUT2D eigenvalue weighted by Gasteiger charge is -2.39. The van der Waals surface area contributed by atoms with E-state index < -0.39 is 10.0 Å². The third kappa shape index (κ3) is 6.07. The van der Waals surface area contributed by atoms with Crippen molar-refractivity contribution < 1.29 is 13.2 Å². The van der Waals surface area contributed by atoms with E-state index in [9.17, 15) is 13.2 Å². The van der Waals surface area contributed by atoms with Crippen LogP contribution in [0.1, 0.15) is 38.7 Å². The van der Waals surface area contributed by atoms with Gasteiger partial charge in [-0.2, -0.15) is 0 Å². The van der Waals surface area contributed by atoms with Crippen LogP contribution in [0.25, 0.3) is 0 Å². The Morgan fingerprint density at radius 1 is 0.800 bits per heavy atom. The third-order valence-electron chi connectivity index (χ3n) is 7.30. The second-order valence-electron chi connectivity index (χ2n) is 10.1. The summed E-state index contributed by atoms with van der Waals surface area (Å²) in [7, 11) is -4.01. The maximum atomic E-state index is 13.5. The fraction of sp³-hybridized carbons (Fsp3) is 0.219. The average Bonchev–Trinajstić information content (AvgIpc) is 2.96. The van der Waals surface area contributed by atoms with Crippen LogP contribution in [0.5, 0.6) is 0 Å². The van der Waals surface area contributed by atoms with Gasteiger partial charge in [0.05, 0.1) is 16.8 Å². The Labute approximate surface area is 241 Å². The van der Waals surface area contributed by atoms with Gasteiger partial charge in [-0.25, -0.2) is 8.42 Å². The summed E-state index contributed by atoms with van der Waals surface area (Å²) in [5, 5.41) is 0.0627. The van der Waals surface area contributed by atoms with E-state index in [1.807, 2.05) is 62.4 Å². The number of carbonyl (C=O) groups is 1. The van der Waals surface area contributed by atoms with Gasteiger partial charge < -0.3 is 4.90 Å². The average molecular weight is 574 g/mol. The first-order valence-electron chi connectivity index (χ1n) is 13.3. The molecule has 0 bridgehead atoms. The van der Waals surface area contributed by atoms with Crippen molar-refractivity contribution in [2.45, 2.75) is 24.8 Å². The number of anilines is 1. The molecule has 5 rings (SSSR count). The zero-order chi connectivity index (χ0) is 28.3. The number of halogens is 1. The molecule has 1 amide bonds. The largest absolute Gasteiger partial charge is 0.336 e. The van der Waals surface area contributed by atoms with Crippen LogP contribution in [0.15, 0.2) is 102 Å². The standard InChI is InChI=1S/C32H32ClN3O3S/c1-23-13-14-24(2)29(21-23)34-40(38,39)30-22-27(15-16-28(30)33)32(37)36-19-17-35(18-20-36)31(25-9-5-3-6-10-25)26-11-7-4-8-12-26/h3-16,21-22,31,34H,17-20H2,1-2H3. The predicted octanol–water partition coefficient (Wildman–Crippen LogP) is 6.31. The molecule has 0 radical (unpaired) electrons. The maximum Gasteiger partial charge on any atom is 0.263 e. The van der Waals surface area contributed by atoms with Crippen LogP contribution >= 0.6 is 11.6 Å². The molecule has 0 saturated carbocycles. The number of hydrogen-bond acceptors (Lipinski definition) is 4. The second-order valence-corrected chi connectivity index (χ2v) is 12.2. The molecular weight excluding hydrogens is 542 g/mol. The number of nitrogens with one attached hydrogen (secondary N) is 1. The normalized spacial score (nSPS) is 14.3. The van der Waals surface area contributed by atoms with Gasteiger partial charge >= 0.3 is 0 Å². The van der Waals surface area contributed by atoms with Crippen molar-refractivity contribution in [2.24, 2.45) is 0 Å². The first-order valence-corrected chi connectivity index (χ1v) is 15.1. The molecule has 8 heteroatoms. The number of benzene rings is 4. The van der Waals surface area contributed by atoms with E-state index in [2.05, 4.69) is 33.9 Å². The van der Waals surface area contributed by atoms with Gasteiger partial charge in [-0.05, 0) is 60.4 Å². The summed E-state index contributed by atoms with van der Waals surface area (Å²) in [4.78, 5) is 17.6. The number of rotatable bonds is 7. The van der Waals surface area contributed by atoms with Gasteiger partial charge in [-0.1, -0.05) is 84.4 Å². The van der Waals surface area contributed by atoms with Gasteiger partial charge in [0.25, 0.3) is 15.9 Å². The number of nitrogens with zero attached hydrogens (tertiary/aromatic N) is 2. The van der Waals surface area contributed by atoms with Crippen LogP contribution in [0.4, 0.5) is 5.69 Å². The number of carbonyl (C=O) groups excluding carboxylic acids is 1. The molecule has 1 aliphatic heterocycles. The van der Waals surface area contributed by atoms with Crippen LogP contribution in [0.3, 0.4) is 0 Å². The Hall–Kier alpha value is -3.65. The molecule has 1 fully saturated rings. The maximum absolute atomic E-state index is 13.5. The highest BCUT2D eigenvalue weighted by Gasteiger charge is 2.29. The van der Waals surface area contributed by atoms with Crippen LogP contribution in [0.2, 0.25) is 5.02 Å². The van der Waals surface area contributed by atoms with Crippen molar-refractivity contribution in [1.82, 2.24) is 9.80 Å². The molecule has 0 aromatic heterocycles. The molecule has 1 N–H and O–H groups in total. The van der Waals surface area contributed by atoms with Gasteiger partial charge in [0.15, 0.2) is 0 Å². The summed E-state index contributed by atoms with van der Waals surface area (Å²) in [6.07, 6.45) is 0. The van der Waals surface area contributed by atoms with Crippen LogP contribution in [0, 0.1) is 13.8 Å². The summed E-state index contributed by atoms with van der Waals surface area (Å²) in [5.41, 5.74) is 4.91. The Bertz CT molecular complexity index is 1560. The van der Waals surface area contributed by atoms with E-state index >= 15 is 0 Å². The summed E-state index contributed by atoms with van der Waals surface area (Å²) >= 11 is 6.33. The SMILES string of the molecule is Cc1ccc(C)c(NS(=O)(=O)c2cc(C(=O)N3CCN(C(c4ccccc4)c4ccccc4)CC3)ccc2Cl)c1. The minimum Gasteiger partial charge on any atom is -0.336 e. The van der Waals surface area contributed by atoms with Crippen molar-refractivity contribution in [3.63, 3.8) is 0 Å². The summed E-state index contributed by atoms with van der Waals surface area (Å²) in [5.74, 6) is -0.213. The molecule has 4 aromatic rings. The van der Waals surface area contributed by atoms with Crippen molar-refractivity contribution in [3.8, 4) is 0 Å². The van der Waals surface area contributed by atoms with Gasteiger partial charge in [0.1, 0.15) is 4.90 Å². The highest BCUT2D eigenvalue weighted by Crippen LogP contribution is 2.31. The Kier molecular flexibility index (Phi) is 8.26. The lowest BCUT2D eigenvalue weighted by Crippen LogP contribution is -2.49. The number of aryl methyl sites for hydroxylation is 2. The summed E-state index contributed by atoms with van der Waals surface area (Å²) in [6.45, 7) is 6.16. The Morgan fingerprint density at radius 2 is 1.40 bits per heavy atom. The molecule has 0 unspecified atom stereocenters. The fourth-order valence-electron chi connectivity index (χ4n) is 5.14. The molecule has 4 aromatic carbocycles. The highest BCUT2D eigenvalue weighted by molar-refractivity contribution is 7.92. The van der Waals surface area contributed by atoms with Gasteiger partial charge in [0, 0.05) is 31.7 Å². The van der Waals surface area contributed by atoms with E-state index in [4.69, 9.17) is 11.6 Å². The number of hydrogen-bond donors (Lipinski definition) is 1. The summed E-state index contributed by atoms with van der Waals surface area (Å²) < 4.78 is 29.2. The van der Waals surface area contributed by atoms with E-state index in [-0.39, 0.29) is 21.9 Å². The lowest BCUT2D eigenvalue weighted by molar-refractivity contribution is 0.0597. The van der Waals surface area contributed by atoms with Crippen LogP contribution in [-0.2, 0) is 10.0 Å².